The van der Waals surface area contributed by atoms with Crippen LogP contribution in [0.25, 0.3) is 0 Å². The van der Waals surface area contributed by atoms with E-state index in [2.05, 4.69) is 45.6 Å². The average molecular weight is 287 g/mol. The van der Waals surface area contributed by atoms with Crippen LogP contribution >= 0.6 is 0 Å². The van der Waals surface area contributed by atoms with Gasteiger partial charge in [0, 0.05) is 31.9 Å². The van der Waals surface area contributed by atoms with Crippen LogP contribution in [0.3, 0.4) is 0 Å². The molecule has 1 heterocycles. The van der Waals surface area contributed by atoms with Crippen LogP contribution in [0.4, 0.5) is 5.69 Å². The number of nitrogens with one attached hydrogen (secondary N) is 1. The topological polar surface area (TPSA) is 56.9 Å². The van der Waals surface area contributed by atoms with Gasteiger partial charge in [-0.2, -0.15) is 0 Å². The maximum atomic E-state index is 5.69. The van der Waals surface area contributed by atoms with Gasteiger partial charge in [-0.1, -0.05) is 31.0 Å². The van der Waals surface area contributed by atoms with Crippen molar-refractivity contribution in [2.45, 2.75) is 31.7 Å². The summed E-state index contributed by atoms with van der Waals surface area (Å²) in [5.74, 6) is 6.56. The molecule has 3 N–H and O–H groups in total. The predicted molar refractivity (Wildman–Crippen MR) is 87.2 cm³/mol. The van der Waals surface area contributed by atoms with Gasteiger partial charge < -0.3 is 9.80 Å². The first kappa shape index (κ1) is 14.2. The lowest BCUT2D eigenvalue weighted by atomic mass is 10.2. The second-order valence-electron chi connectivity index (χ2n) is 5.84. The van der Waals surface area contributed by atoms with Gasteiger partial charge in [-0.25, -0.2) is 10.8 Å². The molecular formula is C16H25N5. The Morgan fingerprint density at radius 3 is 2.33 bits per heavy atom. The number of para-hydroxylation sites is 1. The van der Waals surface area contributed by atoms with Crippen molar-refractivity contribution in [3.63, 3.8) is 0 Å². The highest BCUT2D eigenvalue weighted by Crippen LogP contribution is 2.21. The fourth-order valence-electron chi connectivity index (χ4n) is 3.23. The van der Waals surface area contributed by atoms with Gasteiger partial charge in [0.25, 0.3) is 0 Å². The molecule has 0 radical (unpaired) electrons. The number of nitrogens with zero attached hydrogens (tertiary/aromatic N) is 3. The summed E-state index contributed by atoms with van der Waals surface area (Å²) in [6, 6.07) is 11.1. The van der Waals surface area contributed by atoms with Crippen molar-refractivity contribution in [2.75, 3.05) is 31.1 Å². The number of hydrazine groups is 1. The van der Waals surface area contributed by atoms with Crippen molar-refractivity contribution in [1.29, 1.82) is 0 Å². The zero-order valence-electron chi connectivity index (χ0n) is 12.5. The molecule has 5 heteroatoms. The summed E-state index contributed by atoms with van der Waals surface area (Å²) in [5, 5.41) is 0. The third-order valence-corrected chi connectivity index (χ3v) is 4.46. The molecule has 0 atom stereocenters. The Bertz CT molecular complexity index is 459. The highest BCUT2D eigenvalue weighted by Gasteiger charge is 2.21. The molecule has 0 amide bonds. The molecule has 1 aliphatic carbocycles. The largest absolute Gasteiger partial charge is 0.368 e. The van der Waals surface area contributed by atoms with E-state index >= 15 is 0 Å². The second-order valence-corrected chi connectivity index (χ2v) is 5.84. The molecule has 1 aromatic rings. The first-order chi connectivity index (χ1) is 10.4. The maximum Gasteiger partial charge on any atom is 0.208 e. The molecule has 2 fully saturated rings. The van der Waals surface area contributed by atoms with Gasteiger partial charge in [0.05, 0.1) is 6.04 Å². The lowest BCUT2D eigenvalue weighted by Gasteiger charge is -2.37. The van der Waals surface area contributed by atoms with Gasteiger partial charge >= 0.3 is 0 Å². The van der Waals surface area contributed by atoms with Gasteiger partial charge in [0.15, 0.2) is 0 Å². The van der Waals surface area contributed by atoms with Gasteiger partial charge in [-0.05, 0) is 25.0 Å². The van der Waals surface area contributed by atoms with Crippen molar-refractivity contribution in [1.82, 2.24) is 10.3 Å². The lowest BCUT2D eigenvalue weighted by Crippen LogP contribution is -2.54. The van der Waals surface area contributed by atoms with E-state index in [0.717, 1.165) is 32.1 Å². The minimum absolute atomic E-state index is 0.461. The quantitative estimate of drug-likeness (QED) is 0.375. The SMILES string of the molecule is NNC(=NC1CCCC1)N1CCN(c2ccccc2)CC1. The van der Waals surface area contributed by atoms with Crippen molar-refractivity contribution in [3.8, 4) is 0 Å². The van der Waals surface area contributed by atoms with E-state index in [-0.39, 0.29) is 0 Å². The average Bonchev–Trinajstić information content (AvgIpc) is 3.07. The number of hydrogen-bond acceptors (Lipinski definition) is 3. The van der Waals surface area contributed by atoms with Crippen LogP contribution in [0.15, 0.2) is 35.3 Å². The summed E-state index contributed by atoms with van der Waals surface area (Å²) >= 11 is 0. The van der Waals surface area contributed by atoms with Crippen LogP contribution in [-0.2, 0) is 0 Å². The molecule has 0 bridgehead atoms. The van der Waals surface area contributed by atoms with Crippen molar-refractivity contribution in [2.24, 2.45) is 10.8 Å². The van der Waals surface area contributed by atoms with E-state index in [1.165, 1.54) is 31.4 Å². The van der Waals surface area contributed by atoms with E-state index in [0.29, 0.717) is 6.04 Å². The van der Waals surface area contributed by atoms with Crippen molar-refractivity contribution >= 4 is 11.6 Å². The van der Waals surface area contributed by atoms with Crippen LogP contribution in [-0.4, -0.2) is 43.1 Å². The number of rotatable bonds is 2. The number of benzene rings is 1. The van der Waals surface area contributed by atoms with E-state index in [1.807, 2.05) is 0 Å². The molecule has 1 saturated carbocycles. The Kier molecular flexibility index (Phi) is 4.60. The lowest BCUT2D eigenvalue weighted by molar-refractivity contribution is 0.370. The predicted octanol–water partition coefficient (Wildman–Crippen LogP) is 1.57. The number of aliphatic imine (C=N–C) groups is 1. The van der Waals surface area contributed by atoms with Crippen molar-refractivity contribution in [3.05, 3.63) is 30.3 Å². The van der Waals surface area contributed by atoms with E-state index in [1.54, 1.807) is 0 Å². The Morgan fingerprint density at radius 2 is 1.71 bits per heavy atom. The Labute approximate surface area is 126 Å². The van der Waals surface area contributed by atoms with Crippen LogP contribution in [0.1, 0.15) is 25.7 Å². The number of hydrogen-bond donors (Lipinski definition) is 2. The summed E-state index contributed by atoms with van der Waals surface area (Å²) in [5.41, 5.74) is 4.11. The number of guanidine groups is 1. The first-order valence-corrected chi connectivity index (χ1v) is 7.96. The molecule has 114 valence electrons. The van der Waals surface area contributed by atoms with Crippen LogP contribution < -0.4 is 16.2 Å². The third-order valence-electron chi connectivity index (χ3n) is 4.46. The highest BCUT2D eigenvalue weighted by atomic mass is 15.4. The first-order valence-electron chi connectivity index (χ1n) is 7.96. The molecule has 21 heavy (non-hydrogen) atoms. The van der Waals surface area contributed by atoms with Crippen LogP contribution in [0, 0.1) is 0 Å². The molecule has 1 saturated heterocycles. The van der Waals surface area contributed by atoms with Crippen molar-refractivity contribution < 1.29 is 0 Å². The summed E-state index contributed by atoms with van der Waals surface area (Å²) in [7, 11) is 0. The normalized spacial score (nSPS) is 20.9. The third kappa shape index (κ3) is 3.47. The van der Waals surface area contributed by atoms with E-state index in [4.69, 9.17) is 10.8 Å². The number of piperazine rings is 1. The smallest absolute Gasteiger partial charge is 0.208 e. The minimum atomic E-state index is 0.461. The van der Waals surface area contributed by atoms with Crippen LogP contribution in [0.5, 0.6) is 0 Å². The highest BCUT2D eigenvalue weighted by molar-refractivity contribution is 5.80. The molecule has 0 spiro atoms. The number of nitrogens with two attached hydrogens (primary N) is 1. The molecular weight excluding hydrogens is 262 g/mol. The molecule has 0 aromatic heterocycles. The van der Waals surface area contributed by atoms with Gasteiger partial charge in [-0.3, -0.25) is 5.43 Å². The molecule has 0 unspecified atom stereocenters. The zero-order chi connectivity index (χ0) is 14.5. The van der Waals surface area contributed by atoms with Crippen LogP contribution in [0.2, 0.25) is 0 Å². The van der Waals surface area contributed by atoms with E-state index < -0.39 is 0 Å². The van der Waals surface area contributed by atoms with E-state index in [9.17, 15) is 0 Å². The maximum absolute atomic E-state index is 5.69. The fraction of sp³-hybridized carbons (Fsp3) is 0.562. The Balaban J connectivity index is 1.59. The fourth-order valence-corrected chi connectivity index (χ4v) is 3.23. The monoisotopic (exact) mass is 287 g/mol. The van der Waals surface area contributed by atoms with Gasteiger partial charge in [0.2, 0.25) is 5.96 Å². The second kappa shape index (κ2) is 6.80. The molecule has 1 aliphatic heterocycles. The molecule has 5 nitrogen and oxygen atoms in total. The number of anilines is 1. The summed E-state index contributed by atoms with van der Waals surface area (Å²) in [4.78, 5) is 9.50. The summed E-state index contributed by atoms with van der Waals surface area (Å²) in [6.07, 6.45) is 5.01. The van der Waals surface area contributed by atoms with Gasteiger partial charge in [-0.15, -0.1) is 0 Å². The minimum Gasteiger partial charge on any atom is -0.368 e. The Hall–Kier alpha value is -1.75. The molecule has 2 aliphatic rings. The standard InChI is InChI=1S/C16H25N5/c17-19-16(18-14-6-4-5-7-14)21-12-10-20(11-13-21)15-8-2-1-3-9-15/h1-3,8-9,14H,4-7,10-13,17H2,(H,18,19). The summed E-state index contributed by atoms with van der Waals surface area (Å²) in [6.45, 7) is 3.94. The molecule has 3 rings (SSSR count). The zero-order valence-corrected chi connectivity index (χ0v) is 12.5. The Morgan fingerprint density at radius 1 is 1.05 bits per heavy atom. The van der Waals surface area contributed by atoms with Gasteiger partial charge in [0.1, 0.15) is 0 Å². The summed E-state index contributed by atoms with van der Waals surface area (Å²) < 4.78 is 0. The molecule has 1 aromatic carbocycles.